The van der Waals surface area contributed by atoms with Gasteiger partial charge >= 0.3 is 6.03 Å². The Hall–Kier alpha value is -7.02. The lowest BCUT2D eigenvalue weighted by atomic mass is 10.2. The maximum atomic E-state index is 13.5. The van der Waals surface area contributed by atoms with Crippen LogP contribution < -0.4 is 15.5 Å². The van der Waals surface area contributed by atoms with Gasteiger partial charge < -0.3 is 20.4 Å². The van der Waals surface area contributed by atoms with Crippen LogP contribution >= 0.6 is 11.6 Å². The first-order valence-electron chi connectivity index (χ1n) is 20.1. The second kappa shape index (κ2) is 17.4. The van der Waals surface area contributed by atoms with Crippen molar-refractivity contribution >= 4 is 61.4 Å². The molecule has 2 aromatic carbocycles. The Balaban J connectivity index is 0.000000160. The van der Waals surface area contributed by atoms with Gasteiger partial charge in [0.2, 0.25) is 10.0 Å². The highest BCUT2D eigenvalue weighted by atomic mass is 35.5. The van der Waals surface area contributed by atoms with E-state index in [0.717, 1.165) is 62.0 Å². The van der Waals surface area contributed by atoms with E-state index in [1.165, 1.54) is 22.7 Å². The van der Waals surface area contributed by atoms with Crippen molar-refractivity contribution in [3.05, 3.63) is 133 Å². The molecule has 2 N–H and O–H groups in total. The van der Waals surface area contributed by atoms with E-state index >= 15 is 0 Å². The number of aromatic nitrogens is 8. The van der Waals surface area contributed by atoms with Gasteiger partial charge in [-0.1, -0.05) is 11.6 Å². The van der Waals surface area contributed by atoms with Gasteiger partial charge in [-0.2, -0.15) is 4.31 Å². The van der Waals surface area contributed by atoms with E-state index < -0.39 is 10.0 Å². The Morgan fingerprint density at radius 1 is 0.619 bits per heavy atom. The third-order valence-electron chi connectivity index (χ3n) is 11.0. The number of hydrogen-bond acceptors (Lipinski definition) is 11. The fraction of sp³-hybridized carbons (Fsp3) is 0.205. The van der Waals surface area contributed by atoms with E-state index in [4.69, 9.17) is 27.3 Å². The Labute approximate surface area is 367 Å². The molecular weight excluding hydrogens is 845 g/mol. The van der Waals surface area contributed by atoms with E-state index in [2.05, 4.69) is 34.3 Å². The smallest absolute Gasteiger partial charge is 0.314 e. The maximum Gasteiger partial charge on any atom is 0.314 e. The number of primary amides is 1. The number of sulfonamides is 1. The molecule has 2 aliphatic heterocycles. The molecule has 19 heteroatoms. The molecule has 320 valence electrons. The van der Waals surface area contributed by atoms with Crippen molar-refractivity contribution in [2.45, 2.75) is 0 Å². The molecule has 0 saturated carbocycles. The van der Waals surface area contributed by atoms with Gasteiger partial charge in [-0.15, -0.1) is 0 Å². The number of piperazine rings is 2. The van der Waals surface area contributed by atoms with Crippen LogP contribution in [0, 0.1) is 5.82 Å². The molecule has 0 spiro atoms. The predicted molar refractivity (Wildman–Crippen MR) is 241 cm³/mol. The van der Waals surface area contributed by atoms with Crippen molar-refractivity contribution in [3.8, 4) is 34.2 Å². The van der Waals surface area contributed by atoms with Crippen molar-refractivity contribution in [3.63, 3.8) is 0 Å². The van der Waals surface area contributed by atoms with Gasteiger partial charge in [0.25, 0.3) is 0 Å². The number of halogens is 2. The summed E-state index contributed by atoms with van der Waals surface area (Å²) >= 11 is 6.09. The van der Waals surface area contributed by atoms with E-state index in [0.29, 0.717) is 63.2 Å². The number of pyridine rings is 4. The van der Waals surface area contributed by atoms with Gasteiger partial charge in [-0.25, -0.2) is 37.5 Å². The number of rotatable bonds is 7. The van der Waals surface area contributed by atoms with Gasteiger partial charge in [-0.3, -0.25) is 19.1 Å². The van der Waals surface area contributed by atoms with Crippen molar-refractivity contribution in [2.75, 3.05) is 68.4 Å². The second-order valence-corrected chi connectivity index (χ2v) is 17.4. The topological polar surface area (TPSA) is 177 Å². The molecule has 2 amide bonds. The molecule has 10 rings (SSSR count). The molecule has 0 radical (unpaired) electrons. The number of amides is 2. The van der Waals surface area contributed by atoms with E-state index in [1.807, 2.05) is 71.4 Å². The van der Waals surface area contributed by atoms with Crippen LogP contribution in [-0.4, -0.2) is 121 Å². The Morgan fingerprint density at radius 2 is 1.08 bits per heavy atom. The zero-order valence-corrected chi connectivity index (χ0v) is 35.6. The van der Waals surface area contributed by atoms with Gasteiger partial charge in [0.05, 0.1) is 40.7 Å². The number of carbonyl (C=O) groups excluding carboxylic acids is 1. The first kappa shape index (κ1) is 41.3. The summed E-state index contributed by atoms with van der Waals surface area (Å²) in [6, 6.07) is 25.1. The average Bonchev–Trinajstić information content (AvgIpc) is 3.89. The molecule has 2 saturated heterocycles. The summed E-state index contributed by atoms with van der Waals surface area (Å²) in [6.45, 7) is 4.63. The molecule has 6 aromatic heterocycles. The number of urea groups is 1. The molecule has 0 bridgehead atoms. The summed E-state index contributed by atoms with van der Waals surface area (Å²) < 4.78 is 42.4. The summed E-state index contributed by atoms with van der Waals surface area (Å²) in [6.07, 6.45) is 11.8. The highest BCUT2D eigenvalue weighted by Crippen LogP contribution is 2.31. The summed E-state index contributed by atoms with van der Waals surface area (Å²) in [4.78, 5) is 44.6. The van der Waals surface area contributed by atoms with Gasteiger partial charge in [0, 0.05) is 105 Å². The molecule has 0 unspecified atom stereocenters. The van der Waals surface area contributed by atoms with Crippen molar-refractivity contribution in [2.24, 2.45) is 5.73 Å². The van der Waals surface area contributed by atoms with E-state index in [9.17, 15) is 17.6 Å². The first-order chi connectivity index (χ1) is 30.5. The van der Waals surface area contributed by atoms with E-state index in [-0.39, 0.29) is 11.8 Å². The minimum atomic E-state index is -3.17. The summed E-state index contributed by atoms with van der Waals surface area (Å²) in [5.41, 5.74) is 12.1. The predicted octanol–water partition coefficient (Wildman–Crippen LogP) is 6.04. The van der Waals surface area contributed by atoms with Crippen molar-refractivity contribution in [1.29, 1.82) is 0 Å². The van der Waals surface area contributed by atoms with Crippen LogP contribution in [0.25, 0.3) is 56.2 Å². The molecule has 63 heavy (non-hydrogen) atoms. The maximum absolute atomic E-state index is 13.5. The lowest BCUT2D eigenvalue weighted by molar-refractivity contribution is 0.204. The number of benzene rings is 2. The number of anilines is 2. The number of hydrogen-bond donors (Lipinski definition) is 1. The number of nitrogens with two attached hydrogens (primary N) is 1. The molecule has 8 aromatic rings. The minimum Gasteiger partial charge on any atom is -0.354 e. The van der Waals surface area contributed by atoms with Crippen LogP contribution in [0.4, 0.5) is 20.8 Å². The van der Waals surface area contributed by atoms with Gasteiger partial charge in [0.1, 0.15) is 29.1 Å². The van der Waals surface area contributed by atoms with E-state index in [1.54, 1.807) is 48.0 Å². The molecule has 16 nitrogen and oxygen atoms in total. The SMILES string of the molecule is CS(=O)(=O)N1CCN(c2ccc(-c3nc4ccncc4n3-c3ccc(F)cc3)cn2)CC1.NC(=O)N1CCN(c2ccc(-c3nc4ccncc4n3-c3ccc(Cl)cc3)cn2)CC1. The van der Waals surface area contributed by atoms with Crippen LogP contribution in [0.15, 0.2) is 122 Å². The Kier molecular flexibility index (Phi) is 11.4. The van der Waals surface area contributed by atoms with Crippen molar-refractivity contribution in [1.82, 2.24) is 48.2 Å². The second-order valence-electron chi connectivity index (χ2n) is 15.0. The minimum absolute atomic E-state index is 0.306. The fourth-order valence-corrected chi connectivity index (χ4v) is 8.71. The summed E-state index contributed by atoms with van der Waals surface area (Å²) in [7, 11) is -3.17. The van der Waals surface area contributed by atoms with Crippen molar-refractivity contribution < 1.29 is 17.6 Å². The highest BCUT2D eigenvalue weighted by molar-refractivity contribution is 7.88. The lowest BCUT2D eigenvalue weighted by Gasteiger charge is -2.34. The van der Waals surface area contributed by atoms with Gasteiger partial charge in [0.15, 0.2) is 0 Å². The Bertz CT molecular complexity index is 3010. The van der Waals surface area contributed by atoms with Crippen LogP contribution in [0.5, 0.6) is 0 Å². The first-order valence-corrected chi connectivity index (χ1v) is 22.3. The molecule has 2 aliphatic rings. The van der Waals surface area contributed by atoms with Crippen LogP contribution in [-0.2, 0) is 10.0 Å². The summed E-state index contributed by atoms with van der Waals surface area (Å²) in [5, 5.41) is 0.676. The Morgan fingerprint density at radius 3 is 1.51 bits per heavy atom. The third kappa shape index (κ3) is 8.73. The van der Waals surface area contributed by atoms with Crippen LogP contribution in [0.1, 0.15) is 0 Å². The zero-order valence-electron chi connectivity index (χ0n) is 34.0. The van der Waals surface area contributed by atoms with Crippen LogP contribution in [0.3, 0.4) is 0 Å². The molecule has 0 atom stereocenters. The van der Waals surface area contributed by atoms with Crippen LogP contribution in [0.2, 0.25) is 5.02 Å². The summed E-state index contributed by atoms with van der Waals surface area (Å²) in [5.74, 6) is 2.81. The number of carbonyl (C=O) groups is 1. The molecule has 8 heterocycles. The highest BCUT2D eigenvalue weighted by Gasteiger charge is 2.25. The quantitative estimate of drug-likeness (QED) is 0.198. The fourth-order valence-electron chi connectivity index (χ4n) is 7.75. The number of imidazole rings is 2. The monoisotopic (exact) mass is 885 g/mol. The third-order valence-corrected chi connectivity index (χ3v) is 12.6. The molecular formula is C44H41ClFN13O3S. The lowest BCUT2D eigenvalue weighted by Crippen LogP contribution is -2.50. The standard InChI is InChI=1S/C22H20ClN7O.C22H21FN6O2S/c23-16-2-4-17(5-3-16)30-19-14-25-8-7-18(19)27-21(30)15-1-6-20(26-13-15)28-9-11-29(12-10-28)22(24)31;1-32(30,31)28-12-10-27(11-13-28)21-7-2-16(14-25-21)22-26-19-8-9-24-15-20(19)29(22)18-5-3-17(23)4-6-18/h1-8,13-14H,9-12H2,(H2,24,31);2-9,14-15H,10-13H2,1H3. The number of fused-ring (bicyclic) bond motifs is 2. The van der Waals surface area contributed by atoms with Gasteiger partial charge in [-0.05, 0) is 84.9 Å². The zero-order chi connectivity index (χ0) is 43.7. The molecule has 2 fully saturated rings. The average molecular weight is 886 g/mol. The largest absolute Gasteiger partial charge is 0.354 e. The normalized spacial score (nSPS) is 14.8. The molecule has 0 aliphatic carbocycles. The number of nitrogens with zero attached hydrogens (tertiary/aromatic N) is 12.